The zero-order chi connectivity index (χ0) is 13.2. The fourth-order valence-electron chi connectivity index (χ4n) is 2.09. The molecule has 1 aliphatic rings. The van der Waals surface area contributed by atoms with Gasteiger partial charge in [0.15, 0.2) is 0 Å². The van der Waals surface area contributed by atoms with Gasteiger partial charge < -0.3 is 9.88 Å². The highest BCUT2D eigenvalue weighted by atomic mass is 79.9. The van der Waals surface area contributed by atoms with Crippen molar-refractivity contribution in [3.8, 4) is 0 Å². The number of halogens is 2. The summed E-state index contributed by atoms with van der Waals surface area (Å²) in [5, 5.41) is 3.50. The highest BCUT2D eigenvalue weighted by molar-refractivity contribution is 9.10. The lowest BCUT2D eigenvalue weighted by Crippen LogP contribution is -2.14. The number of hydrogen-bond acceptors (Lipinski definition) is 1. The maximum absolute atomic E-state index is 13.2. The van der Waals surface area contributed by atoms with Gasteiger partial charge in [-0.15, -0.1) is 0 Å². The van der Waals surface area contributed by atoms with Crippen LogP contribution in [0.5, 0.6) is 0 Å². The Morgan fingerprint density at radius 2 is 2.11 bits per heavy atom. The van der Waals surface area contributed by atoms with E-state index in [1.807, 2.05) is 12.1 Å². The summed E-state index contributed by atoms with van der Waals surface area (Å²) in [5.41, 5.74) is 2.39. The van der Waals surface area contributed by atoms with Crippen LogP contribution in [0.1, 0.15) is 24.0 Å². The summed E-state index contributed by atoms with van der Waals surface area (Å²) < 4.78 is 15.8. The molecule has 0 aliphatic heterocycles. The smallest absolute Gasteiger partial charge is 0.137 e. The molecule has 1 aliphatic carbocycles. The molecular formula is C15H16BrFN2. The van der Waals surface area contributed by atoms with Crippen LogP contribution in [0.25, 0.3) is 0 Å². The number of rotatable bonds is 5. The van der Waals surface area contributed by atoms with Gasteiger partial charge in [0.1, 0.15) is 5.82 Å². The van der Waals surface area contributed by atoms with Gasteiger partial charge in [-0.3, -0.25) is 0 Å². The third-order valence-corrected chi connectivity index (χ3v) is 3.94. The van der Waals surface area contributed by atoms with Crippen molar-refractivity contribution in [1.82, 2.24) is 9.88 Å². The van der Waals surface area contributed by atoms with Crippen LogP contribution in [0.2, 0.25) is 0 Å². The van der Waals surface area contributed by atoms with E-state index in [9.17, 15) is 4.39 Å². The Bertz CT molecular complexity index is 575. The van der Waals surface area contributed by atoms with Crippen molar-refractivity contribution in [2.75, 3.05) is 0 Å². The molecule has 0 atom stereocenters. The SMILES string of the molecule is Fc1ccc(Cn2ccc(CNC3CC3)c2)cc1Br. The maximum Gasteiger partial charge on any atom is 0.137 e. The Kier molecular flexibility index (Phi) is 3.71. The zero-order valence-electron chi connectivity index (χ0n) is 10.6. The molecule has 1 N–H and O–H groups in total. The molecule has 0 spiro atoms. The fourth-order valence-corrected chi connectivity index (χ4v) is 2.52. The second-order valence-corrected chi connectivity index (χ2v) is 5.95. The predicted molar refractivity (Wildman–Crippen MR) is 77.5 cm³/mol. The van der Waals surface area contributed by atoms with Gasteiger partial charge in [0.05, 0.1) is 4.47 Å². The standard InChI is InChI=1S/C15H16BrFN2/c16-14-7-11(1-4-15(14)17)9-19-6-5-12(10-19)8-18-13-2-3-13/h1,4-7,10,13,18H,2-3,8-9H2. The molecule has 1 saturated carbocycles. The molecule has 2 nitrogen and oxygen atoms in total. The van der Waals surface area contributed by atoms with Crippen LogP contribution in [0.3, 0.4) is 0 Å². The Labute approximate surface area is 120 Å². The lowest BCUT2D eigenvalue weighted by atomic mass is 10.2. The largest absolute Gasteiger partial charge is 0.350 e. The van der Waals surface area contributed by atoms with Crippen molar-refractivity contribution in [3.05, 3.63) is 58.1 Å². The fraction of sp³-hybridized carbons (Fsp3) is 0.333. The summed E-state index contributed by atoms with van der Waals surface area (Å²) in [7, 11) is 0. The first-order chi connectivity index (χ1) is 9.20. The summed E-state index contributed by atoms with van der Waals surface area (Å²) in [6.45, 7) is 1.70. The minimum absolute atomic E-state index is 0.217. The first kappa shape index (κ1) is 12.9. The van der Waals surface area contributed by atoms with Gasteiger partial charge in [0, 0.05) is 31.5 Å². The zero-order valence-corrected chi connectivity index (χ0v) is 12.2. The van der Waals surface area contributed by atoms with Gasteiger partial charge in [-0.1, -0.05) is 6.07 Å². The number of benzene rings is 1. The van der Waals surface area contributed by atoms with Crippen molar-refractivity contribution in [2.24, 2.45) is 0 Å². The third-order valence-electron chi connectivity index (χ3n) is 3.33. The van der Waals surface area contributed by atoms with Gasteiger partial charge in [-0.25, -0.2) is 4.39 Å². The van der Waals surface area contributed by atoms with E-state index >= 15 is 0 Å². The van der Waals surface area contributed by atoms with Gasteiger partial charge in [0.25, 0.3) is 0 Å². The second-order valence-electron chi connectivity index (χ2n) is 5.10. The van der Waals surface area contributed by atoms with E-state index in [0.717, 1.165) is 24.7 Å². The van der Waals surface area contributed by atoms with Crippen LogP contribution in [0.4, 0.5) is 4.39 Å². The Hall–Kier alpha value is -1.13. The number of nitrogens with zero attached hydrogens (tertiary/aromatic N) is 1. The van der Waals surface area contributed by atoms with Crippen molar-refractivity contribution in [1.29, 1.82) is 0 Å². The van der Waals surface area contributed by atoms with Crippen molar-refractivity contribution in [2.45, 2.75) is 32.0 Å². The molecule has 0 saturated heterocycles. The molecular weight excluding hydrogens is 307 g/mol. The molecule has 100 valence electrons. The molecule has 0 amide bonds. The Morgan fingerprint density at radius 1 is 1.26 bits per heavy atom. The molecule has 0 unspecified atom stereocenters. The lowest BCUT2D eigenvalue weighted by Gasteiger charge is -2.05. The topological polar surface area (TPSA) is 17.0 Å². The maximum atomic E-state index is 13.2. The van der Waals surface area contributed by atoms with E-state index in [0.29, 0.717) is 4.47 Å². The first-order valence-corrected chi connectivity index (χ1v) is 7.32. The van der Waals surface area contributed by atoms with E-state index in [4.69, 9.17) is 0 Å². The van der Waals surface area contributed by atoms with Crippen molar-refractivity contribution in [3.63, 3.8) is 0 Å². The van der Waals surface area contributed by atoms with Gasteiger partial charge in [-0.05, 0) is 58.1 Å². The van der Waals surface area contributed by atoms with E-state index < -0.39 is 0 Å². The highest BCUT2D eigenvalue weighted by Crippen LogP contribution is 2.20. The molecule has 0 radical (unpaired) electrons. The van der Waals surface area contributed by atoms with Crippen LogP contribution in [0.15, 0.2) is 41.1 Å². The normalized spacial score (nSPS) is 14.8. The summed E-state index contributed by atoms with van der Waals surface area (Å²) in [6, 6.07) is 8.02. The molecule has 2 aromatic rings. The van der Waals surface area contributed by atoms with Crippen LogP contribution in [0, 0.1) is 5.82 Å². The molecule has 4 heteroatoms. The van der Waals surface area contributed by atoms with Crippen LogP contribution in [-0.4, -0.2) is 10.6 Å². The summed E-state index contributed by atoms with van der Waals surface area (Å²) in [5.74, 6) is -0.217. The minimum atomic E-state index is -0.217. The predicted octanol–water partition coefficient (Wildman–Crippen LogP) is 3.69. The van der Waals surface area contributed by atoms with Gasteiger partial charge in [0.2, 0.25) is 0 Å². The lowest BCUT2D eigenvalue weighted by molar-refractivity contribution is 0.619. The monoisotopic (exact) mass is 322 g/mol. The van der Waals surface area contributed by atoms with E-state index in [1.54, 1.807) is 0 Å². The summed E-state index contributed by atoms with van der Waals surface area (Å²) in [4.78, 5) is 0. The first-order valence-electron chi connectivity index (χ1n) is 6.53. The highest BCUT2D eigenvalue weighted by Gasteiger charge is 2.19. The molecule has 1 heterocycles. The Balaban J connectivity index is 1.63. The van der Waals surface area contributed by atoms with Crippen molar-refractivity contribution < 1.29 is 4.39 Å². The Morgan fingerprint density at radius 3 is 2.84 bits per heavy atom. The molecule has 19 heavy (non-hydrogen) atoms. The van der Waals surface area contributed by atoms with Crippen LogP contribution >= 0.6 is 15.9 Å². The quantitative estimate of drug-likeness (QED) is 0.888. The average Bonchev–Trinajstić information content (AvgIpc) is 3.12. The van der Waals surface area contributed by atoms with Crippen molar-refractivity contribution >= 4 is 15.9 Å². The molecule has 0 bridgehead atoms. The van der Waals surface area contributed by atoms with E-state index in [1.165, 1.54) is 24.5 Å². The average molecular weight is 323 g/mol. The number of nitrogens with one attached hydrogen (secondary N) is 1. The number of aromatic nitrogens is 1. The van der Waals surface area contributed by atoms with E-state index in [-0.39, 0.29) is 5.82 Å². The molecule has 1 aromatic heterocycles. The van der Waals surface area contributed by atoms with Crippen LogP contribution < -0.4 is 5.32 Å². The third kappa shape index (κ3) is 3.45. The minimum Gasteiger partial charge on any atom is -0.350 e. The molecule has 1 fully saturated rings. The summed E-state index contributed by atoms with van der Waals surface area (Å²) in [6.07, 6.45) is 6.84. The van der Waals surface area contributed by atoms with Gasteiger partial charge in [-0.2, -0.15) is 0 Å². The molecule has 1 aromatic carbocycles. The number of hydrogen-bond donors (Lipinski definition) is 1. The molecule has 3 rings (SSSR count). The summed E-state index contributed by atoms with van der Waals surface area (Å²) >= 11 is 3.22. The van der Waals surface area contributed by atoms with Gasteiger partial charge >= 0.3 is 0 Å². The van der Waals surface area contributed by atoms with E-state index in [2.05, 4.69) is 44.3 Å². The second kappa shape index (κ2) is 5.47. The van der Waals surface area contributed by atoms with Crippen LogP contribution in [-0.2, 0) is 13.1 Å².